The smallest absolute Gasteiger partial charge is 0.408 e. The molecule has 2 aromatic rings. The minimum Gasteiger partial charge on any atom is -0.508 e. The fraction of sp³-hybridized carbons (Fsp3) is 0.464. The summed E-state index contributed by atoms with van der Waals surface area (Å²) in [7, 11) is 0. The van der Waals surface area contributed by atoms with Crippen molar-refractivity contribution in [3.8, 4) is 5.75 Å². The van der Waals surface area contributed by atoms with E-state index in [0.29, 0.717) is 17.7 Å². The van der Waals surface area contributed by atoms with Crippen molar-refractivity contribution < 1.29 is 24.2 Å². The molecular formula is C28H39N3O5. The highest BCUT2D eigenvalue weighted by molar-refractivity contribution is 5.99. The number of aryl methyl sites for hydroxylation is 1. The zero-order chi connectivity index (χ0) is 26.7. The summed E-state index contributed by atoms with van der Waals surface area (Å²) >= 11 is 0. The van der Waals surface area contributed by atoms with Gasteiger partial charge in [-0.05, 0) is 51.8 Å². The zero-order valence-corrected chi connectivity index (χ0v) is 22.0. The molecule has 0 spiro atoms. The van der Waals surface area contributed by atoms with E-state index in [1.165, 1.54) is 11.0 Å². The number of amides is 3. The lowest BCUT2D eigenvalue weighted by Gasteiger charge is -2.32. The third kappa shape index (κ3) is 8.91. The number of nitrogens with zero attached hydrogens (tertiary/aromatic N) is 1. The molecule has 8 heteroatoms. The average molecular weight is 498 g/mol. The SMILES string of the molecule is CCCCCCN(C(=O)CNC(=O)OC(C)(C)C)C(C(=O)Nc1ccccc1C)c1ccccc1O. The van der Waals surface area contributed by atoms with Crippen molar-refractivity contribution in [3.05, 3.63) is 59.7 Å². The monoisotopic (exact) mass is 497 g/mol. The van der Waals surface area contributed by atoms with Gasteiger partial charge in [-0.2, -0.15) is 0 Å². The van der Waals surface area contributed by atoms with Crippen LogP contribution < -0.4 is 10.6 Å². The first-order chi connectivity index (χ1) is 17.0. The molecule has 3 N–H and O–H groups in total. The Morgan fingerprint density at radius 1 is 1.00 bits per heavy atom. The second kappa shape index (κ2) is 13.5. The number of anilines is 1. The van der Waals surface area contributed by atoms with Gasteiger partial charge >= 0.3 is 6.09 Å². The van der Waals surface area contributed by atoms with E-state index in [9.17, 15) is 19.5 Å². The number of para-hydroxylation sites is 2. The number of carbonyl (C=O) groups is 3. The van der Waals surface area contributed by atoms with Crippen molar-refractivity contribution in [2.45, 2.75) is 71.9 Å². The maximum absolute atomic E-state index is 13.6. The minimum absolute atomic E-state index is 0.0890. The summed E-state index contributed by atoms with van der Waals surface area (Å²) in [4.78, 5) is 40.7. The molecule has 8 nitrogen and oxygen atoms in total. The van der Waals surface area contributed by atoms with Gasteiger partial charge in [0.15, 0.2) is 0 Å². The fourth-order valence-electron chi connectivity index (χ4n) is 3.75. The highest BCUT2D eigenvalue weighted by atomic mass is 16.6. The summed E-state index contributed by atoms with van der Waals surface area (Å²) in [6, 6.07) is 12.7. The van der Waals surface area contributed by atoms with E-state index in [1.807, 2.05) is 25.1 Å². The molecule has 0 radical (unpaired) electrons. The Hall–Kier alpha value is -3.55. The van der Waals surface area contributed by atoms with Gasteiger partial charge in [0.1, 0.15) is 23.9 Å². The van der Waals surface area contributed by atoms with E-state index in [2.05, 4.69) is 17.6 Å². The number of aromatic hydroxyl groups is 1. The first-order valence-electron chi connectivity index (χ1n) is 12.4. The predicted octanol–water partition coefficient (Wildman–Crippen LogP) is 5.31. The van der Waals surface area contributed by atoms with E-state index in [4.69, 9.17) is 4.74 Å². The Kier molecular flexibility index (Phi) is 10.8. The second-order valence-electron chi connectivity index (χ2n) is 9.77. The third-order valence-corrected chi connectivity index (χ3v) is 5.55. The van der Waals surface area contributed by atoms with Gasteiger partial charge in [0.05, 0.1) is 0 Å². The quantitative estimate of drug-likeness (QED) is 0.365. The number of carbonyl (C=O) groups excluding carboxylic acids is 3. The molecule has 36 heavy (non-hydrogen) atoms. The number of benzene rings is 2. The van der Waals surface area contributed by atoms with Crippen LogP contribution in [0.3, 0.4) is 0 Å². The number of rotatable bonds is 11. The fourth-order valence-corrected chi connectivity index (χ4v) is 3.75. The number of phenolic OH excluding ortho intramolecular Hbond substituents is 1. The molecule has 1 unspecified atom stereocenters. The molecule has 0 aliphatic carbocycles. The van der Waals surface area contributed by atoms with Gasteiger partial charge < -0.3 is 25.4 Å². The van der Waals surface area contributed by atoms with Crippen LogP contribution in [0.4, 0.5) is 10.5 Å². The van der Waals surface area contributed by atoms with Crippen molar-refractivity contribution >= 4 is 23.6 Å². The van der Waals surface area contributed by atoms with Gasteiger partial charge in [0, 0.05) is 17.8 Å². The maximum atomic E-state index is 13.6. The first-order valence-corrected chi connectivity index (χ1v) is 12.4. The molecule has 0 saturated carbocycles. The largest absolute Gasteiger partial charge is 0.508 e. The molecular weight excluding hydrogens is 458 g/mol. The number of unbranched alkanes of at least 4 members (excludes halogenated alkanes) is 3. The molecule has 196 valence electrons. The van der Waals surface area contributed by atoms with E-state index in [0.717, 1.165) is 24.8 Å². The molecule has 0 saturated heterocycles. The number of nitrogens with one attached hydrogen (secondary N) is 2. The molecule has 0 aliphatic heterocycles. The molecule has 0 bridgehead atoms. The van der Waals surface area contributed by atoms with Crippen LogP contribution in [0, 0.1) is 6.92 Å². The lowest BCUT2D eigenvalue weighted by Crippen LogP contribution is -2.47. The summed E-state index contributed by atoms with van der Waals surface area (Å²) < 4.78 is 5.24. The number of phenols is 1. The lowest BCUT2D eigenvalue weighted by atomic mass is 10.0. The van der Waals surface area contributed by atoms with Crippen molar-refractivity contribution in [2.75, 3.05) is 18.4 Å². The van der Waals surface area contributed by atoms with Gasteiger partial charge in [-0.3, -0.25) is 9.59 Å². The van der Waals surface area contributed by atoms with Gasteiger partial charge in [-0.25, -0.2) is 4.79 Å². The molecule has 1 atom stereocenters. The van der Waals surface area contributed by atoms with Gasteiger partial charge in [0.25, 0.3) is 5.91 Å². The van der Waals surface area contributed by atoms with Crippen LogP contribution in [-0.2, 0) is 14.3 Å². The van der Waals surface area contributed by atoms with E-state index in [-0.39, 0.29) is 18.8 Å². The Bertz CT molecular complexity index is 1030. The number of hydrogen-bond donors (Lipinski definition) is 3. The van der Waals surface area contributed by atoms with Crippen LogP contribution in [0.15, 0.2) is 48.5 Å². The standard InChI is InChI=1S/C28H39N3O5/c1-6-7-8-13-18-31(24(33)19-29-27(35)36-28(3,4)5)25(21-15-10-12-17-23(21)32)26(34)30-22-16-11-9-14-20(22)2/h9-12,14-17,25,32H,6-8,13,18-19H2,1-5H3,(H,29,35)(H,30,34). The zero-order valence-electron chi connectivity index (χ0n) is 22.0. The number of hydrogen-bond acceptors (Lipinski definition) is 5. The van der Waals surface area contributed by atoms with E-state index < -0.39 is 29.6 Å². The Morgan fingerprint density at radius 3 is 2.31 bits per heavy atom. The molecule has 0 fully saturated rings. The normalized spacial score (nSPS) is 11.9. The van der Waals surface area contributed by atoms with Crippen molar-refractivity contribution in [1.82, 2.24) is 10.2 Å². The van der Waals surface area contributed by atoms with E-state index in [1.54, 1.807) is 45.0 Å². The van der Waals surface area contributed by atoms with Crippen LogP contribution >= 0.6 is 0 Å². The number of ether oxygens (including phenoxy) is 1. The highest BCUT2D eigenvalue weighted by Gasteiger charge is 2.33. The summed E-state index contributed by atoms with van der Waals surface area (Å²) in [5.74, 6) is -0.994. The minimum atomic E-state index is -1.10. The topological polar surface area (TPSA) is 108 Å². The van der Waals surface area contributed by atoms with Crippen LogP contribution in [-0.4, -0.2) is 46.6 Å². The van der Waals surface area contributed by atoms with E-state index >= 15 is 0 Å². The van der Waals surface area contributed by atoms with Crippen LogP contribution in [0.1, 0.15) is 70.5 Å². The molecule has 2 aromatic carbocycles. The summed E-state index contributed by atoms with van der Waals surface area (Å²) in [5, 5.41) is 16.0. The Balaban J connectivity index is 2.37. The van der Waals surface area contributed by atoms with Crippen LogP contribution in [0.25, 0.3) is 0 Å². The summed E-state index contributed by atoms with van der Waals surface area (Å²) in [6.45, 7) is 9.12. The maximum Gasteiger partial charge on any atom is 0.408 e. The summed E-state index contributed by atoms with van der Waals surface area (Å²) in [6.07, 6.45) is 2.85. The third-order valence-electron chi connectivity index (χ3n) is 5.55. The van der Waals surface area contributed by atoms with Crippen molar-refractivity contribution in [2.24, 2.45) is 0 Å². The second-order valence-corrected chi connectivity index (χ2v) is 9.77. The Morgan fingerprint density at radius 2 is 1.67 bits per heavy atom. The average Bonchev–Trinajstić information content (AvgIpc) is 2.80. The van der Waals surface area contributed by atoms with Crippen molar-refractivity contribution in [1.29, 1.82) is 0 Å². The van der Waals surface area contributed by atoms with Crippen molar-refractivity contribution in [3.63, 3.8) is 0 Å². The molecule has 2 rings (SSSR count). The number of alkyl carbamates (subject to hydrolysis) is 1. The van der Waals surface area contributed by atoms with Gasteiger partial charge in [-0.15, -0.1) is 0 Å². The summed E-state index contributed by atoms with van der Waals surface area (Å²) in [5.41, 5.74) is 1.09. The van der Waals surface area contributed by atoms with Gasteiger partial charge in [-0.1, -0.05) is 62.6 Å². The van der Waals surface area contributed by atoms with Crippen LogP contribution in [0.2, 0.25) is 0 Å². The molecule has 0 aromatic heterocycles. The van der Waals surface area contributed by atoms with Gasteiger partial charge in [0.2, 0.25) is 5.91 Å². The lowest BCUT2D eigenvalue weighted by molar-refractivity contribution is -0.138. The predicted molar refractivity (Wildman–Crippen MR) is 141 cm³/mol. The van der Waals surface area contributed by atoms with Crippen LogP contribution in [0.5, 0.6) is 5.75 Å². The molecule has 3 amide bonds. The molecule has 0 aliphatic rings. The highest BCUT2D eigenvalue weighted by Crippen LogP contribution is 2.31. The first kappa shape index (κ1) is 28.7. The Labute approximate surface area is 214 Å². The molecule has 0 heterocycles.